The number of barbiturate groups is 1. The van der Waals surface area contributed by atoms with E-state index in [9.17, 15) is 14.4 Å². The van der Waals surface area contributed by atoms with Crippen molar-refractivity contribution >= 4 is 17.8 Å². The molecule has 1 aliphatic heterocycles. The van der Waals surface area contributed by atoms with Crippen molar-refractivity contribution in [2.45, 2.75) is 38.8 Å². The van der Waals surface area contributed by atoms with Crippen molar-refractivity contribution in [3.63, 3.8) is 0 Å². The zero-order valence-electron chi connectivity index (χ0n) is 9.03. The Hall–Kier alpha value is -1.43. The number of hydrogen-bond acceptors (Lipinski definition) is 4. The summed E-state index contributed by atoms with van der Waals surface area (Å²) in [5, 5.41) is 2.08. The highest BCUT2D eigenvalue weighted by Crippen LogP contribution is 2.18. The number of nitrogens with zero attached hydrogens (tertiary/aromatic N) is 1. The molecular formula is C9H15N3O3. The van der Waals surface area contributed by atoms with Crippen molar-refractivity contribution in [2.24, 2.45) is 5.73 Å². The molecule has 0 saturated carbocycles. The van der Waals surface area contributed by atoms with Crippen LogP contribution in [0.25, 0.3) is 0 Å². The van der Waals surface area contributed by atoms with E-state index in [1.165, 1.54) is 0 Å². The number of amides is 4. The summed E-state index contributed by atoms with van der Waals surface area (Å²) in [7, 11) is 0. The van der Waals surface area contributed by atoms with E-state index in [-0.39, 0.29) is 12.5 Å². The number of imide groups is 2. The minimum Gasteiger partial charge on any atom is -0.309 e. The molecule has 1 aliphatic rings. The van der Waals surface area contributed by atoms with Crippen LogP contribution in [-0.2, 0) is 9.59 Å². The molecule has 1 saturated heterocycles. The van der Waals surface area contributed by atoms with Crippen LogP contribution in [0.5, 0.6) is 0 Å². The highest BCUT2D eigenvalue weighted by atomic mass is 16.2. The van der Waals surface area contributed by atoms with Gasteiger partial charge in [0.05, 0.1) is 0 Å². The van der Waals surface area contributed by atoms with E-state index in [4.69, 9.17) is 5.73 Å². The lowest BCUT2D eigenvalue weighted by atomic mass is 9.92. The van der Waals surface area contributed by atoms with Gasteiger partial charge in [-0.25, -0.2) is 4.79 Å². The summed E-state index contributed by atoms with van der Waals surface area (Å²) in [6.07, 6.45) is 0.161. The normalized spacial score (nSPS) is 27.3. The number of carbonyl (C=O) groups excluding carboxylic acids is 3. The Morgan fingerprint density at radius 2 is 1.93 bits per heavy atom. The fraction of sp³-hybridized carbons (Fsp3) is 0.667. The van der Waals surface area contributed by atoms with Crippen LogP contribution in [0.15, 0.2) is 0 Å². The van der Waals surface area contributed by atoms with Gasteiger partial charge >= 0.3 is 6.03 Å². The average molecular weight is 213 g/mol. The van der Waals surface area contributed by atoms with Gasteiger partial charge in [0, 0.05) is 6.04 Å². The molecule has 1 unspecified atom stereocenters. The van der Waals surface area contributed by atoms with Gasteiger partial charge in [-0.1, -0.05) is 6.92 Å². The number of urea groups is 1. The first-order valence-corrected chi connectivity index (χ1v) is 4.82. The van der Waals surface area contributed by atoms with Gasteiger partial charge in [-0.3, -0.25) is 19.8 Å². The summed E-state index contributed by atoms with van der Waals surface area (Å²) in [5.41, 5.74) is 4.07. The fourth-order valence-electron chi connectivity index (χ4n) is 1.45. The molecular weight excluding hydrogens is 198 g/mol. The van der Waals surface area contributed by atoms with Crippen LogP contribution in [-0.4, -0.2) is 34.3 Å². The minimum absolute atomic E-state index is 0.161. The third-order valence-corrected chi connectivity index (χ3v) is 2.52. The van der Waals surface area contributed by atoms with Gasteiger partial charge in [0.2, 0.25) is 0 Å². The zero-order chi connectivity index (χ0) is 11.8. The first-order valence-electron chi connectivity index (χ1n) is 4.82. The first-order chi connectivity index (χ1) is 6.84. The second-order valence-electron chi connectivity index (χ2n) is 3.85. The van der Waals surface area contributed by atoms with Crippen LogP contribution in [0.1, 0.15) is 27.2 Å². The van der Waals surface area contributed by atoms with Crippen LogP contribution >= 0.6 is 0 Å². The molecule has 0 bridgehead atoms. The second kappa shape index (κ2) is 3.62. The largest absolute Gasteiger partial charge is 0.331 e. The van der Waals surface area contributed by atoms with E-state index in [2.05, 4.69) is 5.32 Å². The minimum atomic E-state index is -1.61. The van der Waals surface area contributed by atoms with Gasteiger partial charge in [-0.2, -0.15) is 0 Å². The smallest absolute Gasteiger partial charge is 0.309 e. The van der Waals surface area contributed by atoms with E-state index in [1.54, 1.807) is 20.8 Å². The van der Waals surface area contributed by atoms with Crippen molar-refractivity contribution in [1.82, 2.24) is 10.2 Å². The Bertz CT molecular complexity index is 327. The third kappa shape index (κ3) is 1.61. The van der Waals surface area contributed by atoms with E-state index in [0.29, 0.717) is 0 Å². The van der Waals surface area contributed by atoms with Crippen LogP contribution in [0.3, 0.4) is 0 Å². The summed E-state index contributed by atoms with van der Waals surface area (Å²) in [4.78, 5) is 35.6. The Labute approximate surface area is 87.8 Å². The maximum atomic E-state index is 11.9. The lowest BCUT2D eigenvalue weighted by molar-refractivity contribution is -0.145. The molecule has 1 heterocycles. The average Bonchev–Trinajstić information content (AvgIpc) is 2.13. The van der Waals surface area contributed by atoms with Crippen molar-refractivity contribution in [1.29, 1.82) is 0 Å². The van der Waals surface area contributed by atoms with Crippen molar-refractivity contribution in [3.8, 4) is 0 Å². The van der Waals surface area contributed by atoms with Gasteiger partial charge in [-0.05, 0) is 20.3 Å². The van der Waals surface area contributed by atoms with Crippen molar-refractivity contribution < 1.29 is 14.4 Å². The molecule has 4 amide bonds. The molecule has 1 fully saturated rings. The highest BCUT2D eigenvalue weighted by Gasteiger charge is 2.50. The van der Waals surface area contributed by atoms with Crippen LogP contribution in [0.2, 0.25) is 0 Å². The summed E-state index contributed by atoms with van der Waals surface area (Å²) >= 11 is 0. The summed E-state index contributed by atoms with van der Waals surface area (Å²) in [6, 6.07) is -1.02. The standard InChI is InChI=1S/C9H15N3O3/c1-4-9(10)6(13)11-8(15)12(5(2)3)7(9)14/h5H,4,10H2,1-3H3,(H,11,13,15). The molecule has 0 aromatic rings. The Balaban J connectivity index is 3.11. The van der Waals surface area contributed by atoms with Crippen LogP contribution in [0, 0.1) is 0 Å². The second-order valence-corrected chi connectivity index (χ2v) is 3.85. The van der Waals surface area contributed by atoms with E-state index in [0.717, 1.165) is 4.90 Å². The molecule has 84 valence electrons. The zero-order valence-corrected chi connectivity index (χ0v) is 9.03. The number of rotatable bonds is 2. The van der Waals surface area contributed by atoms with E-state index in [1.807, 2.05) is 0 Å². The van der Waals surface area contributed by atoms with Gasteiger partial charge in [0.1, 0.15) is 0 Å². The quantitative estimate of drug-likeness (QED) is 0.609. The number of carbonyl (C=O) groups is 3. The highest BCUT2D eigenvalue weighted by molar-refractivity contribution is 6.22. The van der Waals surface area contributed by atoms with Crippen LogP contribution in [0.4, 0.5) is 4.79 Å². The summed E-state index contributed by atoms with van der Waals surface area (Å²) in [6.45, 7) is 5.00. The molecule has 15 heavy (non-hydrogen) atoms. The van der Waals surface area contributed by atoms with Gasteiger partial charge in [0.15, 0.2) is 5.54 Å². The molecule has 0 aliphatic carbocycles. The van der Waals surface area contributed by atoms with Gasteiger partial charge in [0.25, 0.3) is 11.8 Å². The SMILES string of the molecule is CCC1(N)C(=O)NC(=O)N(C(C)C)C1=O. The lowest BCUT2D eigenvalue weighted by Crippen LogP contribution is -2.72. The maximum absolute atomic E-state index is 11.9. The maximum Gasteiger partial charge on any atom is 0.331 e. The van der Waals surface area contributed by atoms with E-state index >= 15 is 0 Å². The van der Waals surface area contributed by atoms with Crippen LogP contribution < -0.4 is 11.1 Å². The summed E-state index contributed by atoms with van der Waals surface area (Å²) < 4.78 is 0. The van der Waals surface area contributed by atoms with Crippen molar-refractivity contribution in [2.75, 3.05) is 0 Å². The molecule has 1 rings (SSSR count). The predicted octanol–water partition coefficient (Wildman–Crippen LogP) is -0.419. The van der Waals surface area contributed by atoms with Gasteiger partial charge < -0.3 is 5.73 Å². The number of nitrogens with one attached hydrogen (secondary N) is 1. The molecule has 0 radical (unpaired) electrons. The van der Waals surface area contributed by atoms with Crippen molar-refractivity contribution in [3.05, 3.63) is 0 Å². The third-order valence-electron chi connectivity index (χ3n) is 2.52. The number of hydrogen-bond donors (Lipinski definition) is 2. The topological polar surface area (TPSA) is 92.5 Å². The summed E-state index contributed by atoms with van der Waals surface area (Å²) in [5.74, 6) is -1.36. The first kappa shape index (κ1) is 11.6. The molecule has 0 aromatic heterocycles. The Kier molecular flexibility index (Phi) is 2.81. The molecule has 1 atom stereocenters. The molecule has 6 heteroatoms. The van der Waals surface area contributed by atoms with Gasteiger partial charge in [-0.15, -0.1) is 0 Å². The predicted molar refractivity (Wildman–Crippen MR) is 52.7 cm³/mol. The Morgan fingerprint density at radius 1 is 1.40 bits per heavy atom. The Morgan fingerprint density at radius 3 is 2.33 bits per heavy atom. The fourth-order valence-corrected chi connectivity index (χ4v) is 1.45. The molecule has 3 N–H and O–H groups in total. The monoisotopic (exact) mass is 213 g/mol. The molecule has 0 spiro atoms. The van der Waals surface area contributed by atoms with E-state index < -0.39 is 23.4 Å². The number of nitrogens with two attached hydrogens (primary N) is 1. The molecule has 6 nitrogen and oxygen atoms in total. The molecule has 0 aromatic carbocycles. The lowest BCUT2D eigenvalue weighted by Gasteiger charge is -2.37.